The zero-order valence-electron chi connectivity index (χ0n) is 53.7. The summed E-state index contributed by atoms with van der Waals surface area (Å²) in [5.74, 6) is -0.923. The zero-order chi connectivity index (χ0) is 59.9. The number of rotatable bonds is 60. The van der Waals surface area contributed by atoms with Gasteiger partial charge in [-0.05, 0) is 128 Å². The normalized spacial score (nSPS) is 13.1. The van der Waals surface area contributed by atoms with E-state index < -0.39 is 6.10 Å². The van der Waals surface area contributed by atoms with Crippen molar-refractivity contribution >= 4 is 17.9 Å². The van der Waals surface area contributed by atoms with E-state index in [9.17, 15) is 14.4 Å². The lowest BCUT2D eigenvalue weighted by molar-refractivity contribution is -0.167. The quantitative estimate of drug-likeness (QED) is 0.0261. The summed E-state index contributed by atoms with van der Waals surface area (Å²) >= 11 is 0. The number of carbonyl (C=O) groups excluding carboxylic acids is 3. The van der Waals surface area contributed by atoms with Crippen molar-refractivity contribution < 1.29 is 28.6 Å². The molecule has 0 aliphatic rings. The number of unbranched alkanes of at least 4 members (excludes halogenated alkanes) is 23. The molecule has 0 amide bonds. The Kier molecular flexibility index (Phi) is 65.4. The molecule has 0 aromatic rings. The lowest BCUT2D eigenvalue weighted by atomic mass is 10.0. The second-order valence-electron chi connectivity index (χ2n) is 22.0. The van der Waals surface area contributed by atoms with Crippen LogP contribution < -0.4 is 0 Å². The number of hydrogen-bond donors (Lipinski definition) is 0. The van der Waals surface area contributed by atoms with Crippen LogP contribution in [0.25, 0.3) is 0 Å². The molecule has 0 fully saturated rings. The van der Waals surface area contributed by atoms with Gasteiger partial charge >= 0.3 is 17.9 Å². The van der Waals surface area contributed by atoms with E-state index in [-0.39, 0.29) is 31.1 Å². The molecule has 6 nitrogen and oxygen atoms in total. The Hall–Kier alpha value is -4.97. The van der Waals surface area contributed by atoms with Crippen molar-refractivity contribution in [1.82, 2.24) is 0 Å². The van der Waals surface area contributed by atoms with Gasteiger partial charge in [0.2, 0.25) is 0 Å². The van der Waals surface area contributed by atoms with E-state index in [4.69, 9.17) is 14.2 Å². The highest BCUT2D eigenvalue weighted by Gasteiger charge is 2.19. The molecule has 0 aliphatic carbocycles. The highest BCUT2D eigenvalue weighted by molar-refractivity contribution is 5.71. The molecule has 1 atom stereocenters. The van der Waals surface area contributed by atoms with E-state index in [1.54, 1.807) is 0 Å². The van der Waals surface area contributed by atoms with Crippen molar-refractivity contribution in [1.29, 1.82) is 0 Å². The van der Waals surface area contributed by atoms with Crippen LogP contribution in [0.2, 0.25) is 0 Å². The number of allylic oxidation sites excluding steroid dienone is 26. The first-order chi connectivity index (χ1) is 41.0. The van der Waals surface area contributed by atoms with Gasteiger partial charge in [0, 0.05) is 19.3 Å². The molecule has 0 rings (SSSR count). The Morgan fingerprint density at radius 3 is 0.735 bits per heavy atom. The number of carbonyl (C=O) groups is 3. The minimum Gasteiger partial charge on any atom is -0.462 e. The van der Waals surface area contributed by atoms with Crippen molar-refractivity contribution in [2.45, 2.75) is 297 Å². The van der Waals surface area contributed by atoms with Gasteiger partial charge in [-0.3, -0.25) is 14.4 Å². The smallest absolute Gasteiger partial charge is 0.306 e. The molecule has 468 valence electrons. The SMILES string of the molecule is CC/C=C\C/C=C\C/C=C\C/C=C\C/C=C\C/C=C\C/C=C\C/C=C\C/C=C\CCCCCCCC(=O)OCC(COC(=O)CCCCCCC)OC(=O)CCCCCCCCCCCCCCCC/C=C\C/C=C\C/C=C\C/C=C\CC. The van der Waals surface area contributed by atoms with Gasteiger partial charge < -0.3 is 14.2 Å². The van der Waals surface area contributed by atoms with E-state index in [1.807, 2.05) is 0 Å². The third-order valence-electron chi connectivity index (χ3n) is 14.0. The van der Waals surface area contributed by atoms with Crippen molar-refractivity contribution in [3.8, 4) is 0 Å². The van der Waals surface area contributed by atoms with Crippen molar-refractivity contribution in [3.05, 3.63) is 158 Å². The molecular weight excluding hydrogens is 1020 g/mol. The number of esters is 3. The van der Waals surface area contributed by atoms with Crippen LogP contribution >= 0.6 is 0 Å². The van der Waals surface area contributed by atoms with Gasteiger partial charge in [-0.25, -0.2) is 0 Å². The zero-order valence-corrected chi connectivity index (χ0v) is 53.7. The average molecular weight is 1150 g/mol. The summed E-state index contributed by atoms with van der Waals surface area (Å²) in [6, 6.07) is 0. The molecule has 0 saturated carbocycles. The molecule has 0 aliphatic heterocycles. The topological polar surface area (TPSA) is 78.9 Å². The van der Waals surface area contributed by atoms with Crippen LogP contribution in [0.4, 0.5) is 0 Å². The Morgan fingerprint density at radius 1 is 0.253 bits per heavy atom. The summed E-state index contributed by atoms with van der Waals surface area (Å²) in [5.41, 5.74) is 0. The molecule has 0 spiro atoms. The number of hydrogen-bond acceptors (Lipinski definition) is 6. The first kappa shape index (κ1) is 78.0. The summed E-state index contributed by atoms with van der Waals surface area (Å²) in [7, 11) is 0. The van der Waals surface area contributed by atoms with Crippen molar-refractivity contribution in [2.75, 3.05) is 13.2 Å². The fourth-order valence-electron chi connectivity index (χ4n) is 9.01. The molecule has 0 N–H and O–H groups in total. The summed E-state index contributed by atoms with van der Waals surface area (Å²) in [5, 5.41) is 0. The highest BCUT2D eigenvalue weighted by Crippen LogP contribution is 2.16. The molecule has 0 aromatic carbocycles. The average Bonchev–Trinajstić information content (AvgIpc) is 3.49. The standard InChI is InChI=1S/C77H124O6/c1-4-7-10-13-15-17-19-21-23-25-27-29-31-33-35-36-37-38-39-40-42-43-45-47-49-51-53-55-57-59-61-64-67-70-76(79)82-73-74(72-81-75(78)69-66-63-12-9-6-3)83-77(80)71-68-65-62-60-58-56-54-52-50-48-46-44-41-34-32-30-28-26-24-22-20-18-16-14-11-8-5-2/h7-8,10-11,15-18,21-24,27-30,33,35,37-38,40,42,45,47,51,53,74H,4-6,9,12-14,19-20,25-26,31-32,34,36,39,41,43-44,46,48-50,52,54-73H2,1-3H3/b10-7-,11-8-,17-15-,18-16-,23-21-,24-22-,29-27-,30-28-,35-33-,38-37-,42-40-,47-45-,53-51-. The fourth-order valence-corrected chi connectivity index (χ4v) is 9.01. The minimum absolute atomic E-state index is 0.0888. The Morgan fingerprint density at radius 2 is 0.470 bits per heavy atom. The molecular formula is C77H124O6. The lowest BCUT2D eigenvalue weighted by Crippen LogP contribution is -2.30. The van der Waals surface area contributed by atoms with Crippen LogP contribution in [0.1, 0.15) is 290 Å². The first-order valence-electron chi connectivity index (χ1n) is 34.0. The Labute approximate surface area is 511 Å². The largest absolute Gasteiger partial charge is 0.462 e. The first-order valence-corrected chi connectivity index (χ1v) is 34.0. The Bertz CT molecular complexity index is 1840. The van der Waals surface area contributed by atoms with Crippen LogP contribution in [-0.2, 0) is 28.6 Å². The third-order valence-corrected chi connectivity index (χ3v) is 14.0. The number of ether oxygens (including phenoxy) is 3. The maximum absolute atomic E-state index is 12.9. The predicted molar refractivity (Wildman–Crippen MR) is 362 cm³/mol. The van der Waals surface area contributed by atoms with Gasteiger partial charge in [0.25, 0.3) is 0 Å². The van der Waals surface area contributed by atoms with Crippen LogP contribution in [0.5, 0.6) is 0 Å². The van der Waals surface area contributed by atoms with Crippen molar-refractivity contribution in [2.24, 2.45) is 0 Å². The van der Waals surface area contributed by atoms with E-state index in [2.05, 4.69) is 179 Å². The molecule has 6 heteroatoms. The van der Waals surface area contributed by atoms with Gasteiger partial charge in [-0.1, -0.05) is 301 Å². The van der Waals surface area contributed by atoms with Crippen molar-refractivity contribution in [3.63, 3.8) is 0 Å². The van der Waals surface area contributed by atoms with Gasteiger partial charge in [0.15, 0.2) is 6.10 Å². The van der Waals surface area contributed by atoms with Crippen LogP contribution in [0.15, 0.2) is 158 Å². The third kappa shape index (κ3) is 67.7. The van der Waals surface area contributed by atoms with E-state index in [0.29, 0.717) is 19.3 Å². The molecule has 0 radical (unpaired) electrons. The van der Waals surface area contributed by atoms with E-state index in [0.717, 1.165) is 173 Å². The summed E-state index contributed by atoms with van der Waals surface area (Å²) in [6.45, 7) is 6.32. The molecule has 0 heterocycles. The second kappa shape index (κ2) is 69.5. The van der Waals surface area contributed by atoms with Gasteiger partial charge in [0.05, 0.1) is 0 Å². The van der Waals surface area contributed by atoms with Crippen LogP contribution in [0, 0.1) is 0 Å². The summed E-state index contributed by atoms with van der Waals surface area (Å²) < 4.78 is 16.8. The van der Waals surface area contributed by atoms with Gasteiger partial charge in [0.1, 0.15) is 13.2 Å². The monoisotopic (exact) mass is 1140 g/mol. The second-order valence-corrected chi connectivity index (χ2v) is 22.0. The van der Waals surface area contributed by atoms with Gasteiger partial charge in [-0.2, -0.15) is 0 Å². The maximum Gasteiger partial charge on any atom is 0.306 e. The lowest BCUT2D eigenvalue weighted by Gasteiger charge is -2.18. The molecule has 0 bridgehead atoms. The Balaban J connectivity index is 4.10. The molecule has 0 saturated heterocycles. The molecule has 83 heavy (non-hydrogen) atoms. The van der Waals surface area contributed by atoms with Crippen LogP contribution in [-0.4, -0.2) is 37.2 Å². The predicted octanol–water partition coefficient (Wildman–Crippen LogP) is 23.7. The summed E-state index contributed by atoms with van der Waals surface area (Å²) in [6.07, 6.45) is 102. The van der Waals surface area contributed by atoms with Gasteiger partial charge in [-0.15, -0.1) is 0 Å². The van der Waals surface area contributed by atoms with Crippen LogP contribution in [0.3, 0.4) is 0 Å². The minimum atomic E-state index is -0.790. The molecule has 0 aromatic heterocycles. The summed E-state index contributed by atoms with van der Waals surface area (Å²) in [4.78, 5) is 38.0. The highest BCUT2D eigenvalue weighted by atomic mass is 16.6. The van der Waals surface area contributed by atoms with E-state index >= 15 is 0 Å². The van der Waals surface area contributed by atoms with E-state index in [1.165, 1.54) is 77.0 Å². The fraction of sp³-hybridized carbons (Fsp3) is 0.623. The maximum atomic E-state index is 12.9. The molecule has 1 unspecified atom stereocenters.